The minimum absolute atomic E-state index is 0.272. The maximum atomic E-state index is 13.0. The molecule has 2 aliphatic rings. The Labute approximate surface area is 159 Å². The van der Waals surface area contributed by atoms with Gasteiger partial charge in [-0.2, -0.15) is 15.0 Å². The average Bonchev–Trinajstić information content (AvgIpc) is 3.23. The Bertz CT molecular complexity index is 730. The summed E-state index contributed by atoms with van der Waals surface area (Å²) in [5, 5.41) is 9.18. The van der Waals surface area contributed by atoms with Crippen molar-refractivity contribution in [3.05, 3.63) is 42.2 Å². The normalized spacial score (nSPS) is 25.0. The largest absolute Gasteiger partial charge is 0.336 e. The van der Waals surface area contributed by atoms with Gasteiger partial charge in [-0.15, -0.1) is 11.8 Å². The van der Waals surface area contributed by atoms with Crippen LogP contribution < -0.4 is 0 Å². The number of rotatable bonds is 5. The van der Waals surface area contributed by atoms with Crippen LogP contribution in [0.15, 0.2) is 41.6 Å². The van der Waals surface area contributed by atoms with Gasteiger partial charge in [-0.3, -0.25) is 4.79 Å². The molecule has 2 aliphatic heterocycles. The number of nitrogens with zero attached hydrogens (tertiary/aromatic N) is 4. The molecule has 26 heavy (non-hydrogen) atoms. The minimum Gasteiger partial charge on any atom is -0.336 e. The molecule has 3 heterocycles. The Morgan fingerprint density at radius 1 is 1.08 bits per heavy atom. The molecule has 6 heteroatoms. The van der Waals surface area contributed by atoms with Crippen LogP contribution in [-0.2, 0) is 11.2 Å². The van der Waals surface area contributed by atoms with E-state index in [0.717, 1.165) is 31.2 Å². The molecule has 5 nitrogen and oxygen atoms in total. The van der Waals surface area contributed by atoms with Gasteiger partial charge in [0.25, 0.3) is 0 Å². The fourth-order valence-electron chi connectivity index (χ4n) is 4.38. The Kier molecular flexibility index (Phi) is 5.02. The number of thioether (sulfide) groups is 1. The van der Waals surface area contributed by atoms with Gasteiger partial charge in [0.05, 0.1) is 24.9 Å². The molecule has 0 radical (unpaired) electrons. The van der Waals surface area contributed by atoms with Crippen LogP contribution in [0.3, 0.4) is 0 Å². The van der Waals surface area contributed by atoms with Crippen LogP contribution in [0.2, 0.25) is 0 Å². The maximum Gasteiger partial charge on any atom is 0.227 e. The summed E-state index contributed by atoms with van der Waals surface area (Å²) in [6.45, 7) is 4.39. The summed E-state index contributed by atoms with van der Waals surface area (Å²) < 4.78 is 0. The molecule has 138 valence electrons. The second-order valence-electron chi connectivity index (χ2n) is 7.65. The smallest absolute Gasteiger partial charge is 0.227 e. The molecule has 2 unspecified atom stereocenters. The third-order valence-corrected chi connectivity index (χ3v) is 6.43. The predicted octanol–water partition coefficient (Wildman–Crippen LogP) is 3.72. The first-order valence-electron chi connectivity index (χ1n) is 9.52. The molecule has 0 spiro atoms. The molecular formula is C20H26N4OS. The fraction of sp³-hybridized carbons (Fsp3) is 0.550. The van der Waals surface area contributed by atoms with Crippen molar-refractivity contribution < 1.29 is 4.79 Å². The van der Waals surface area contributed by atoms with Crippen molar-refractivity contribution in [1.29, 1.82) is 0 Å². The first-order valence-corrected chi connectivity index (χ1v) is 10.4. The molecule has 4 rings (SSSR count). The van der Waals surface area contributed by atoms with Crippen molar-refractivity contribution in [2.45, 2.75) is 74.2 Å². The van der Waals surface area contributed by atoms with Crippen molar-refractivity contribution in [2.24, 2.45) is 0 Å². The zero-order valence-corrected chi connectivity index (χ0v) is 16.2. The third-order valence-electron chi connectivity index (χ3n) is 5.41. The molecule has 2 aromatic rings. The van der Waals surface area contributed by atoms with Crippen LogP contribution >= 0.6 is 11.8 Å². The molecule has 2 atom stereocenters. The topological polar surface area (TPSA) is 51.0 Å². The van der Waals surface area contributed by atoms with Gasteiger partial charge in [-0.25, -0.2) is 0 Å². The van der Waals surface area contributed by atoms with Crippen molar-refractivity contribution in [3.63, 3.8) is 0 Å². The number of aromatic nitrogens is 3. The van der Waals surface area contributed by atoms with E-state index in [1.165, 1.54) is 4.90 Å². The number of hydrogen-bond donors (Lipinski definition) is 0. The van der Waals surface area contributed by atoms with Crippen LogP contribution in [0.5, 0.6) is 0 Å². The second-order valence-corrected chi connectivity index (χ2v) is 9.30. The van der Waals surface area contributed by atoms with Gasteiger partial charge in [-0.05, 0) is 43.4 Å². The minimum atomic E-state index is 0.272. The Morgan fingerprint density at radius 2 is 1.69 bits per heavy atom. The van der Waals surface area contributed by atoms with Crippen LogP contribution in [-0.4, -0.2) is 43.1 Å². The maximum absolute atomic E-state index is 13.0. The van der Waals surface area contributed by atoms with Gasteiger partial charge < -0.3 is 4.90 Å². The Balaban J connectivity index is 1.40. The number of carbonyl (C=O) groups excluding carboxylic acids is 1. The Morgan fingerprint density at radius 3 is 2.27 bits per heavy atom. The summed E-state index contributed by atoms with van der Waals surface area (Å²) in [5.74, 6) is 0.272. The predicted molar refractivity (Wildman–Crippen MR) is 103 cm³/mol. The highest BCUT2D eigenvalue weighted by atomic mass is 32.2. The van der Waals surface area contributed by atoms with Crippen molar-refractivity contribution >= 4 is 17.7 Å². The molecule has 0 saturated carbocycles. The standard InChI is InChI=1S/C20H26N4OS/c1-14(2)26-19-7-3-15(4-8-19)11-20(25)23-16-5-6-17(23)13-18(12-16)24-21-9-10-22-24/h3-4,7-10,14,16-18H,5-6,11-13H2,1-2H3. The number of hydrogen-bond acceptors (Lipinski definition) is 4. The lowest BCUT2D eigenvalue weighted by atomic mass is 9.97. The highest BCUT2D eigenvalue weighted by Crippen LogP contribution is 2.40. The first kappa shape index (κ1) is 17.6. The van der Waals surface area contributed by atoms with Crippen molar-refractivity contribution in [3.8, 4) is 0 Å². The molecule has 2 fully saturated rings. The molecule has 1 amide bonds. The quantitative estimate of drug-likeness (QED) is 0.753. The number of benzene rings is 1. The van der Waals surface area contributed by atoms with Gasteiger partial charge in [0.15, 0.2) is 0 Å². The third kappa shape index (κ3) is 3.65. The van der Waals surface area contributed by atoms with E-state index < -0.39 is 0 Å². The summed E-state index contributed by atoms with van der Waals surface area (Å²) in [5.41, 5.74) is 1.11. The number of piperidine rings is 1. The number of carbonyl (C=O) groups is 1. The van der Waals surface area contributed by atoms with Gasteiger partial charge in [-0.1, -0.05) is 26.0 Å². The lowest BCUT2D eigenvalue weighted by Crippen LogP contribution is -2.47. The monoisotopic (exact) mass is 370 g/mol. The van der Waals surface area contributed by atoms with Gasteiger partial charge in [0.1, 0.15) is 0 Å². The first-order chi connectivity index (χ1) is 12.6. The SMILES string of the molecule is CC(C)Sc1ccc(CC(=O)N2C3CCC2CC(n2nccn2)C3)cc1. The van der Waals surface area contributed by atoms with Gasteiger partial charge >= 0.3 is 0 Å². The lowest BCUT2D eigenvalue weighted by molar-refractivity contribution is -0.135. The van der Waals surface area contributed by atoms with Crippen LogP contribution in [0, 0.1) is 0 Å². The average molecular weight is 371 g/mol. The molecule has 0 aliphatic carbocycles. The van der Waals surface area contributed by atoms with Crippen LogP contribution in [0.1, 0.15) is 51.1 Å². The van der Waals surface area contributed by atoms with Crippen molar-refractivity contribution in [1.82, 2.24) is 19.9 Å². The highest BCUT2D eigenvalue weighted by Gasteiger charge is 2.43. The van der Waals surface area contributed by atoms with E-state index in [4.69, 9.17) is 0 Å². The van der Waals surface area contributed by atoms with Gasteiger partial charge in [0, 0.05) is 22.2 Å². The molecule has 2 bridgehead atoms. The van der Waals surface area contributed by atoms with E-state index in [0.29, 0.717) is 29.8 Å². The number of fused-ring (bicyclic) bond motifs is 2. The molecule has 1 aromatic heterocycles. The molecule has 2 saturated heterocycles. The molecule has 0 N–H and O–H groups in total. The summed E-state index contributed by atoms with van der Waals surface area (Å²) in [4.78, 5) is 18.2. The van der Waals surface area contributed by atoms with E-state index in [1.807, 2.05) is 16.6 Å². The summed E-state index contributed by atoms with van der Waals surface area (Å²) in [7, 11) is 0. The fourth-order valence-corrected chi connectivity index (χ4v) is 5.22. The summed E-state index contributed by atoms with van der Waals surface area (Å²) in [6.07, 6.45) is 8.14. The van der Waals surface area contributed by atoms with Gasteiger partial charge in [0.2, 0.25) is 5.91 Å². The lowest BCUT2D eigenvalue weighted by Gasteiger charge is -2.38. The van der Waals surface area contributed by atoms with Crippen LogP contribution in [0.25, 0.3) is 0 Å². The molecule has 1 aromatic carbocycles. The van der Waals surface area contributed by atoms with Crippen molar-refractivity contribution in [2.75, 3.05) is 0 Å². The Hall–Kier alpha value is -1.82. The van der Waals surface area contributed by atoms with E-state index in [-0.39, 0.29) is 5.91 Å². The van der Waals surface area contributed by atoms with Crippen LogP contribution in [0.4, 0.5) is 0 Å². The van der Waals surface area contributed by atoms with E-state index in [2.05, 4.69) is 53.2 Å². The zero-order chi connectivity index (χ0) is 18.1. The van der Waals surface area contributed by atoms with E-state index in [1.54, 1.807) is 12.4 Å². The summed E-state index contributed by atoms with van der Waals surface area (Å²) in [6, 6.07) is 9.49. The summed E-state index contributed by atoms with van der Waals surface area (Å²) >= 11 is 1.85. The number of amides is 1. The van der Waals surface area contributed by atoms with E-state index in [9.17, 15) is 4.79 Å². The molecular weight excluding hydrogens is 344 g/mol. The highest BCUT2D eigenvalue weighted by molar-refractivity contribution is 7.99. The van der Waals surface area contributed by atoms with E-state index >= 15 is 0 Å². The second kappa shape index (κ2) is 7.43. The zero-order valence-electron chi connectivity index (χ0n) is 15.4.